The molecule has 2 aromatic carbocycles. The number of nitrogens with one attached hydrogen (secondary N) is 2. The largest absolute Gasteiger partial charge is 0.508 e. The molecule has 0 saturated carbocycles. The Kier molecular flexibility index (Phi) is 4.63. The van der Waals surface area contributed by atoms with Crippen LogP contribution in [0.1, 0.15) is 11.1 Å². The summed E-state index contributed by atoms with van der Waals surface area (Å²) < 4.78 is 0.978. The molecule has 0 aromatic heterocycles. The van der Waals surface area contributed by atoms with Gasteiger partial charge in [-0.3, -0.25) is 0 Å². The van der Waals surface area contributed by atoms with Gasteiger partial charge in [-0.25, -0.2) is 4.79 Å². The van der Waals surface area contributed by atoms with Gasteiger partial charge in [0, 0.05) is 16.7 Å². The van der Waals surface area contributed by atoms with Crippen LogP contribution in [0.2, 0.25) is 0 Å². The van der Waals surface area contributed by atoms with Gasteiger partial charge in [-0.2, -0.15) is 0 Å². The van der Waals surface area contributed by atoms with Crippen molar-refractivity contribution in [3.05, 3.63) is 58.1 Å². The predicted octanol–water partition coefficient (Wildman–Crippen LogP) is 3.78. The van der Waals surface area contributed by atoms with Gasteiger partial charge in [0.2, 0.25) is 0 Å². The van der Waals surface area contributed by atoms with Crippen molar-refractivity contribution in [2.24, 2.45) is 0 Å². The van der Waals surface area contributed by atoms with Crippen LogP contribution in [-0.2, 0) is 6.54 Å². The molecule has 4 nitrogen and oxygen atoms in total. The Hall–Kier alpha value is -2.01. The van der Waals surface area contributed by atoms with Crippen LogP contribution in [0.25, 0.3) is 0 Å². The van der Waals surface area contributed by atoms with Crippen molar-refractivity contribution in [3.63, 3.8) is 0 Å². The van der Waals surface area contributed by atoms with E-state index in [4.69, 9.17) is 0 Å². The minimum Gasteiger partial charge on any atom is -0.508 e. The zero-order chi connectivity index (χ0) is 14.5. The summed E-state index contributed by atoms with van der Waals surface area (Å²) in [5.41, 5.74) is 2.49. The first kappa shape index (κ1) is 14.4. The van der Waals surface area contributed by atoms with Gasteiger partial charge in [0.15, 0.2) is 0 Å². The lowest BCUT2D eigenvalue weighted by Gasteiger charge is -2.10. The number of halogens is 1. The monoisotopic (exact) mass is 334 g/mol. The number of rotatable bonds is 3. The van der Waals surface area contributed by atoms with Crippen LogP contribution in [0, 0.1) is 6.92 Å². The van der Waals surface area contributed by atoms with E-state index >= 15 is 0 Å². The van der Waals surface area contributed by atoms with Crippen LogP contribution in [-0.4, -0.2) is 11.1 Å². The van der Waals surface area contributed by atoms with Gasteiger partial charge in [-0.15, -0.1) is 0 Å². The Morgan fingerprint density at radius 1 is 1.25 bits per heavy atom. The standard InChI is InChI=1S/C15H15BrN2O2/c1-10-7-13(19)5-6-14(10)18-15(20)17-9-11-3-2-4-12(16)8-11/h2-8,19H,9H2,1H3,(H2,17,18,20). The quantitative estimate of drug-likeness (QED) is 0.748. The van der Waals surface area contributed by atoms with E-state index in [2.05, 4.69) is 26.6 Å². The smallest absolute Gasteiger partial charge is 0.319 e. The number of aryl methyl sites for hydroxylation is 1. The summed E-state index contributed by atoms with van der Waals surface area (Å²) in [5.74, 6) is 0.183. The second-order valence-electron chi connectivity index (χ2n) is 4.44. The van der Waals surface area contributed by atoms with Crippen molar-refractivity contribution >= 4 is 27.6 Å². The van der Waals surface area contributed by atoms with E-state index in [0.29, 0.717) is 12.2 Å². The SMILES string of the molecule is Cc1cc(O)ccc1NC(=O)NCc1cccc(Br)c1. The summed E-state index contributed by atoms with van der Waals surface area (Å²) in [6.45, 7) is 2.27. The van der Waals surface area contributed by atoms with Crippen LogP contribution >= 0.6 is 15.9 Å². The number of hydrogen-bond acceptors (Lipinski definition) is 2. The molecule has 2 aromatic rings. The molecular weight excluding hydrogens is 320 g/mol. The average Bonchev–Trinajstić information content (AvgIpc) is 2.40. The number of hydrogen-bond donors (Lipinski definition) is 3. The van der Waals surface area contributed by atoms with E-state index in [-0.39, 0.29) is 11.8 Å². The second-order valence-corrected chi connectivity index (χ2v) is 5.35. The van der Waals surface area contributed by atoms with Crippen molar-refractivity contribution in [2.45, 2.75) is 13.5 Å². The van der Waals surface area contributed by atoms with Crippen LogP contribution < -0.4 is 10.6 Å². The highest BCUT2D eigenvalue weighted by Gasteiger charge is 2.05. The fraction of sp³-hybridized carbons (Fsp3) is 0.133. The first-order valence-corrected chi connectivity index (χ1v) is 6.93. The molecule has 0 heterocycles. The molecule has 0 atom stereocenters. The third-order valence-corrected chi connectivity index (χ3v) is 3.29. The van der Waals surface area contributed by atoms with Crippen LogP contribution in [0.15, 0.2) is 46.9 Å². The van der Waals surface area contributed by atoms with Crippen molar-refractivity contribution in [1.29, 1.82) is 0 Å². The average molecular weight is 335 g/mol. The maximum atomic E-state index is 11.8. The van der Waals surface area contributed by atoms with E-state index in [1.54, 1.807) is 12.1 Å². The molecule has 0 saturated heterocycles. The Morgan fingerprint density at radius 2 is 2.05 bits per heavy atom. The molecule has 3 N–H and O–H groups in total. The van der Waals surface area contributed by atoms with Gasteiger partial charge in [-0.05, 0) is 48.4 Å². The molecule has 20 heavy (non-hydrogen) atoms. The Balaban J connectivity index is 1.92. The highest BCUT2D eigenvalue weighted by atomic mass is 79.9. The number of aromatic hydroxyl groups is 1. The molecule has 0 aliphatic rings. The molecule has 0 radical (unpaired) electrons. The fourth-order valence-corrected chi connectivity index (χ4v) is 2.23. The topological polar surface area (TPSA) is 61.4 Å². The molecule has 0 aliphatic heterocycles. The number of phenolic OH excluding ortho intramolecular Hbond substituents is 1. The van der Waals surface area contributed by atoms with Crippen molar-refractivity contribution in [1.82, 2.24) is 5.32 Å². The Labute approximate surface area is 126 Å². The maximum Gasteiger partial charge on any atom is 0.319 e. The summed E-state index contributed by atoms with van der Waals surface area (Å²) in [6, 6.07) is 12.3. The molecule has 2 rings (SSSR count). The zero-order valence-electron chi connectivity index (χ0n) is 11.0. The highest BCUT2D eigenvalue weighted by molar-refractivity contribution is 9.10. The van der Waals surface area contributed by atoms with E-state index in [1.807, 2.05) is 31.2 Å². The Bertz CT molecular complexity index is 629. The van der Waals surface area contributed by atoms with E-state index in [1.165, 1.54) is 6.07 Å². The maximum absolute atomic E-state index is 11.8. The van der Waals surface area contributed by atoms with Gasteiger partial charge >= 0.3 is 6.03 Å². The number of amides is 2. The first-order chi connectivity index (χ1) is 9.54. The Morgan fingerprint density at radius 3 is 2.75 bits per heavy atom. The summed E-state index contributed by atoms with van der Waals surface area (Å²) in [4.78, 5) is 11.8. The van der Waals surface area contributed by atoms with Gasteiger partial charge in [-0.1, -0.05) is 28.1 Å². The minimum absolute atomic E-state index is 0.183. The minimum atomic E-state index is -0.279. The van der Waals surface area contributed by atoms with E-state index in [9.17, 15) is 9.90 Å². The van der Waals surface area contributed by atoms with E-state index < -0.39 is 0 Å². The van der Waals surface area contributed by atoms with Crippen LogP contribution in [0.5, 0.6) is 5.75 Å². The number of phenols is 1. The molecule has 104 valence electrons. The van der Waals surface area contributed by atoms with Gasteiger partial charge < -0.3 is 15.7 Å². The van der Waals surface area contributed by atoms with Crippen LogP contribution in [0.4, 0.5) is 10.5 Å². The third-order valence-electron chi connectivity index (χ3n) is 2.80. The first-order valence-electron chi connectivity index (χ1n) is 6.13. The lowest BCUT2D eigenvalue weighted by molar-refractivity contribution is 0.251. The third kappa shape index (κ3) is 3.99. The number of anilines is 1. The highest BCUT2D eigenvalue weighted by Crippen LogP contribution is 2.19. The number of carbonyl (C=O) groups is 1. The molecule has 0 bridgehead atoms. The molecule has 0 spiro atoms. The molecule has 5 heteroatoms. The normalized spacial score (nSPS) is 10.1. The lowest BCUT2D eigenvalue weighted by Crippen LogP contribution is -2.28. The van der Waals surface area contributed by atoms with Crippen molar-refractivity contribution < 1.29 is 9.90 Å². The lowest BCUT2D eigenvalue weighted by atomic mass is 10.2. The zero-order valence-corrected chi connectivity index (χ0v) is 12.6. The molecule has 0 fully saturated rings. The summed E-state index contributed by atoms with van der Waals surface area (Å²) in [7, 11) is 0. The second kappa shape index (κ2) is 6.43. The summed E-state index contributed by atoms with van der Waals surface area (Å²) in [5, 5.41) is 14.8. The summed E-state index contributed by atoms with van der Waals surface area (Å²) >= 11 is 3.39. The van der Waals surface area contributed by atoms with Gasteiger partial charge in [0.1, 0.15) is 5.75 Å². The number of benzene rings is 2. The van der Waals surface area contributed by atoms with Crippen molar-refractivity contribution in [3.8, 4) is 5.75 Å². The summed E-state index contributed by atoms with van der Waals surface area (Å²) in [6.07, 6.45) is 0. The molecule has 2 amide bonds. The fourth-order valence-electron chi connectivity index (χ4n) is 1.78. The van der Waals surface area contributed by atoms with Gasteiger partial charge in [0.25, 0.3) is 0 Å². The molecule has 0 unspecified atom stereocenters. The van der Waals surface area contributed by atoms with E-state index in [0.717, 1.165) is 15.6 Å². The molecule has 0 aliphatic carbocycles. The van der Waals surface area contributed by atoms with Gasteiger partial charge in [0.05, 0.1) is 0 Å². The van der Waals surface area contributed by atoms with Crippen molar-refractivity contribution in [2.75, 3.05) is 5.32 Å². The predicted molar refractivity (Wildman–Crippen MR) is 82.8 cm³/mol. The van der Waals surface area contributed by atoms with Crippen LogP contribution in [0.3, 0.4) is 0 Å². The molecular formula is C15H15BrN2O2. The number of urea groups is 1. The number of carbonyl (C=O) groups excluding carboxylic acids is 1.